The number of halogens is 3. The summed E-state index contributed by atoms with van der Waals surface area (Å²) in [5.74, 6) is 0.234. The maximum Gasteiger partial charge on any atom is 0.281 e. The summed E-state index contributed by atoms with van der Waals surface area (Å²) in [6, 6.07) is 1.36. The fourth-order valence-corrected chi connectivity index (χ4v) is 1.29. The number of rotatable bonds is 2. The Bertz CT molecular complexity index is 320. The molecule has 6 heteroatoms. The average molecular weight is 253 g/mol. The normalized spacial score (nSPS) is 10.5. The minimum atomic E-state index is -2.65. The van der Waals surface area contributed by atoms with Gasteiger partial charge in [-0.25, -0.2) is 13.8 Å². The van der Waals surface area contributed by atoms with Crippen LogP contribution in [0.3, 0.4) is 0 Å². The van der Waals surface area contributed by atoms with Crippen LogP contribution in [-0.4, -0.2) is 12.1 Å². The minimum absolute atomic E-state index is 0.0407. The summed E-state index contributed by atoms with van der Waals surface area (Å²) in [6.07, 6.45) is -2.65. The van der Waals surface area contributed by atoms with Gasteiger partial charge < -0.3 is 10.5 Å². The van der Waals surface area contributed by atoms with E-state index >= 15 is 0 Å². The van der Waals surface area contributed by atoms with Gasteiger partial charge in [-0.1, -0.05) is 0 Å². The Morgan fingerprint density at radius 2 is 2.23 bits per heavy atom. The molecule has 0 aliphatic carbocycles. The summed E-state index contributed by atoms with van der Waals surface area (Å²) in [6.45, 7) is 0. The second-order valence-electron chi connectivity index (χ2n) is 2.24. The van der Waals surface area contributed by atoms with Crippen LogP contribution in [-0.2, 0) is 0 Å². The zero-order chi connectivity index (χ0) is 10.0. The Morgan fingerprint density at radius 3 is 2.69 bits per heavy atom. The van der Waals surface area contributed by atoms with Gasteiger partial charge in [0.15, 0.2) is 11.6 Å². The van der Waals surface area contributed by atoms with Crippen LogP contribution in [0.25, 0.3) is 0 Å². The van der Waals surface area contributed by atoms with E-state index in [9.17, 15) is 8.78 Å². The van der Waals surface area contributed by atoms with Gasteiger partial charge in [0.05, 0.1) is 7.11 Å². The quantitative estimate of drug-likeness (QED) is 0.880. The number of aromatic nitrogens is 1. The summed E-state index contributed by atoms with van der Waals surface area (Å²) < 4.78 is 29.5. The summed E-state index contributed by atoms with van der Waals surface area (Å²) in [5.41, 5.74) is 4.97. The molecule has 72 valence electrons. The minimum Gasteiger partial charge on any atom is -0.493 e. The second kappa shape index (κ2) is 3.87. The molecule has 0 fully saturated rings. The molecule has 0 unspecified atom stereocenters. The van der Waals surface area contributed by atoms with Gasteiger partial charge in [0, 0.05) is 10.5 Å². The number of nitrogens with two attached hydrogens (primary N) is 1. The number of nitrogens with zero attached hydrogens (tertiary/aromatic N) is 1. The molecule has 13 heavy (non-hydrogen) atoms. The first-order valence-electron chi connectivity index (χ1n) is 3.34. The maximum absolute atomic E-state index is 12.3. The zero-order valence-electron chi connectivity index (χ0n) is 6.72. The highest BCUT2D eigenvalue weighted by Gasteiger charge is 2.16. The van der Waals surface area contributed by atoms with Gasteiger partial charge in [-0.15, -0.1) is 0 Å². The van der Waals surface area contributed by atoms with Crippen molar-refractivity contribution < 1.29 is 13.5 Å². The summed E-state index contributed by atoms with van der Waals surface area (Å²) >= 11 is 2.94. The molecule has 0 radical (unpaired) electrons. The molecule has 1 aromatic rings. The van der Waals surface area contributed by atoms with Gasteiger partial charge in [-0.05, 0) is 15.9 Å². The molecule has 1 rings (SSSR count). The largest absolute Gasteiger partial charge is 0.493 e. The Morgan fingerprint density at radius 1 is 1.62 bits per heavy atom. The SMILES string of the molecule is COc1cc(Br)c(C(F)F)nc1N. The molecule has 0 aromatic carbocycles. The standard InChI is InChI=1S/C7H7BrF2N2O/c1-13-4-2-3(8)5(6(9)10)12-7(4)11/h2,6H,1H3,(H2,11,12). The van der Waals surface area contributed by atoms with Crippen molar-refractivity contribution in [2.45, 2.75) is 6.43 Å². The van der Waals surface area contributed by atoms with E-state index in [0.29, 0.717) is 0 Å². The third-order valence-electron chi connectivity index (χ3n) is 1.42. The summed E-state index contributed by atoms with van der Waals surface area (Å²) in [4.78, 5) is 3.50. The number of pyridine rings is 1. The zero-order valence-corrected chi connectivity index (χ0v) is 8.31. The van der Waals surface area contributed by atoms with Crippen LogP contribution in [0, 0.1) is 0 Å². The molecule has 0 atom stereocenters. The number of nitrogen functional groups attached to an aromatic ring is 1. The lowest BCUT2D eigenvalue weighted by Crippen LogP contribution is -2.00. The first-order valence-corrected chi connectivity index (χ1v) is 4.13. The van der Waals surface area contributed by atoms with Gasteiger partial charge in [-0.2, -0.15) is 0 Å². The number of hydrogen-bond donors (Lipinski definition) is 1. The van der Waals surface area contributed by atoms with Crippen molar-refractivity contribution in [3.63, 3.8) is 0 Å². The second-order valence-corrected chi connectivity index (χ2v) is 3.10. The topological polar surface area (TPSA) is 48.1 Å². The molecule has 0 aliphatic rings. The van der Waals surface area contributed by atoms with Crippen LogP contribution in [0.5, 0.6) is 5.75 Å². The van der Waals surface area contributed by atoms with Crippen LogP contribution in [0.15, 0.2) is 10.5 Å². The van der Waals surface area contributed by atoms with Crippen LogP contribution in [0.1, 0.15) is 12.1 Å². The predicted molar refractivity (Wildman–Crippen MR) is 47.9 cm³/mol. The maximum atomic E-state index is 12.3. The van der Waals surface area contributed by atoms with Crippen molar-refractivity contribution in [3.05, 3.63) is 16.2 Å². The Hall–Kier alpha value is -0.910. The molecule has 3 nitrogen and oxygen atoms in total. The lowest BCUT2D eigenvalue weighted by atomic mass is 10.3. The number of alkyl halides is 2. The van der Waals surface area contributed by atoms with Crippen molar-refractivity contribution in [2.24, 2.45) is 0 Å². The molecule has 1 aromatic heterocycles. The summed E-state index contributed by atoms with van der Waals surface area (Å²) in [7, 11) is 1.39. The van der Waals surface area contributed by atoms with Crippen molar-refractivity contribution in [2.75, 3.05) is 12.8 Å². The van der Waals surface area contributed by atoms with E-state index in [1.807, 2.05) is 0 Å². The van der Waals surface area contributed by atoms with E-state index in [0.717, 1.165) is 0 Å². The number of ether oxygens (including phenoxy) is 1. The molecule has 0 saturated carbocycles. The molecule has 1 heterocycles. The van der Waals surface area contributed by atoms with Crippen molar-refractivity contribution in [1.82, 2.24) is 4.98 Å². The van der Waals surface area contributed by atoms with Crippen molar-refractivity contribution in [1.29, 1.82) is 0 Å². The van der Waals surface area contributed by atoms with E-state index in [1.54, 1.807) is 0 Å². The van der Waals surface area contributed by atoms with E-state index in [-0.39, 0.29) is 21.7 Å². The van der Waals surface area contributed by atoms with E-state index in [4.69, 9.17) is 10.5 Å². The van der Waals surface area contributed by atoms with Gasteiger partial charge >= 0.3 is 0 Å². The Balaban J connectivity index is 3.20. The van der Waals surface area contributed by atoms with Gasteiger partial charge in [0.25, 0.3) is 6.43 Å². The lowest BCUT2D eigenvalue weighted by Gasteiger charge is -2.07. The monoisotopic (exact) mass is 252 g/mol. The highest BCUT2D eigenvalue weighted by Crippen LogP contribution is 2.31. The fraction of sp³-hybridized carbons (Fsp3) is 0.286. The highest BCUT2D eigenvalue weighted by molar-refractivity contribution is 9.10. The number of methoxy groups -OCH3 is 1. The van der Waals surface area contributed by atoms with Gasteiger partial charge in [0.2, 0.25) is 0 Å². The molecule has 0 amide bonds. The average Bonchev–Trinajstić information content (AvgIpc) is 2.07. The predicted octanol–water partition coefficient (Wildman–Crippen LogP) is 2.37. The highest BCUT2D eigenvalue weighted by atomic mass is 79.9. The van der Waals surface area contributed by atoms with E-state index in [1.165, 1.54) is 13.2 Å². The van der Waals surface area contributed by atoms with Gasteiger partial charge in [0.1, 0.15) is 5.69 Å². The molecule has 0 spiro atoms. The number of hydrogen-bond acceptors (Lipinski definition) is 3. The molecular weight excluding hydrogens is 246 g/mol. The third-order valence-corrected chi connectivity index (χ3v) is 2.06. The Labute approximate surface area is 82.0 Å². The van der Waals surface area contributed by atoms with Crippen molar-refractivity contribution in [3.8, 4) is 5.75 Å². The molecule has 0 aliphatic heterocycles. The Kier molecular flexibility index (Phi) is 3.02. The molecular formula is C7H7BrF2N2O. The van der Waals surface area contributed by atoms with Crippen LogP contribution < -0.4 is 10.5 Å². The van der Waals surface area contributed by atoms with E-state index < -0.39 is 6.43 Å². The first-order chi connectivity index (χ1) is 6.06. The molecule has 2 N–H and O–H groups in total. The third kappa shape index (κ3) is 2.06. The van der Waals surface area contributed by atoms with Crippen LogP contribution in [0.4, 0.5) is 14.6 Å². The van der Waals surface area contributed by atoms with Gasteiger partial charge in [-0.3, -0.25) is 0 Å². The lowest BCUT2D eigenvalue weighted by molar-refractivity contribution is 0.145. The van der Waals surface area contributed by atoms with E-state index in [2.05, 4.69) is 20.9 Å². The van der Waals surface area contributed by atoms with Crippen LogP contribution >= 0.6 is 15.9 Å². The van der Waals surface area contributed by atoms with Crippen LogP contribution in [0.2, 0.25) is 0 Å². The van der Waals surface area contributed by atoms with Crippen molar-refractivity contribution >= 4 is 21.7 Å². The molecule has 0 bridgehead atoms. The summed E-state index contributed by atoms with van der Waals surface area (Å²) in [5, 5.41) is 0. The fourth-order valence-electron chi connectivity index (χ4n) is 0.818. The first kappa shape index (κ1) is 10.2. The smallest absolute Gasteiger partial charge is 0.281 e. The molecule has 0 saturated heterocycles. The number of anilines is 1.